The fourth-order valence-electron chi connectivity index (χ4n) is 1.58. The van der Waals surface area contributed by atoms with Crippen molar-refractivity contribution in [3.05, 3.63) is 29.6 Å². The highest BCUT2D eigenvalue weighted by molar-refractivity contribution is 5.95. The molecule has 0 unspecified atom stereocenters. The van der Waals surface area contributed by atoms with Crippen molar-refractivity contribution in [2.24, 2.45) is 11.7 Å². The molecule has 0 aromatic heterocycles. The minimum absolute atomic E-state index is 0.271. The molecule has 4 heteroatoms. The molecule has 17 heavy (non-hydrogen) atoms. The Bertz CT molecular complexity index is 404. The van der Waals surface area contributed by atoms with Crippen LogP contribution >= 0.6 is 0 Å². The zero-order chi connectivity index (χ0) is 13.0. The number of rotatable bonds is 4. The molecule has 0 bridgehead atoms. The van der Waals surface area contributed by atoms with Crippen molar-refractivity contribution in [1.82, 2.24) is 0 Å². The van der Waals surface area contributed by atoms with Gasteiger partial charge < -0.3 is 11.1 Å². The van der Waals surface area contributed by atoms with E-state index in [1.165, 1.54) is 6.07 Å². The SMILES string of the molecule is Cc1c(F)cccc1NC(=O)[C@H](N)CC(C)C. The van der Waals surface area contributed by atoms with E-state index in [0.717, 1.165) is 0 Å². The third-order valence-corrected chi connectivity index (χ3v) is 2.59. The molecule has 1 rings (SSSR count). The number of carbonyl (C=O) groups excluding carboxylic acids is 1. The smallest absolute Gasteiger partial charge is 0.241 e. The van der Waals surface area contributed by atoms with Gasteiger partial charge >= 0.3 is 0 Å². The van der Waals surface area contributed by atoms with E-state index in [1.54, 1.807) is 19.1 Å². The zero-order valence-corrected chi connectivity index (χ0v) is 10.5. The van der Waals surface area contributed by atoms with E-state index in [1.807, 2.05) is 13.8 Å². The predicted octanol–water partition coefficient (Wildman–Crippen LogP) is 2.45. The van der Waals surface area contributed by atoms with Crippen molar-refractivity contribution in [2.75, 3.05) is 5.32 Å². The summed E-state index contributed by atoms with van der Waals surface area (Å²) >= 11 is 0. The first-order valence-electron chi connectivity index (χ1n) is 5.73. The van der Waals surface area contributed by atoms with Crippen LogP contribution in [-0.2, 0) is 4.79 Å². The van der Waals surface area contributed by atoms with Crippen molar-refractivity contribution in [2.45, 2.75) is 33.2 Å². The molecule has 0 saturated carbocycles. The molecule has 0 aliphatic heterocycles. The minimum Gasteiger partial charge on any atom is -0.324 e. The first-order chi connectivity index (χ1) is 7.91. The molecule has 0 saturated heterocycles. The summed E-state index contributed by atoms with van der Waals surface area (Å²) in [5.41, 5.74) is 6.66. The summed E-state index contributed by atoms with van der Waals surface area (Å²) in [4.78, 5) is 11.8. The van der Waals surface area contributed by atoms with Gasteiger partial charge in [-0.25, -0.2) is 4.39 Å². The van der Waals surface area contributed by atoms with Crippen LogP contribution in [-0.4, -0.2) is 11.9 Å². The van der Waals surface area contributed by atoms with Crippen molar-refractivity contribution >= 4 is 11.6 Å². The van der Waals surface area contributed by atoms with Crippen LogP contribution in [0.1, 0.15) is 25.8 Å². The lowest BCUT2D eigenvalue weighted by molar-refractivity contribution is -0.117. The fraction of sp³-hybridized carbons (Fsp3) is 0.462. The van der Waals surface area contributed by atoms with Crippen molar-refractivity contribution in [3.8, 4) is 0 Å². The lowest BCUT2D eigenvalue weighted by Gasteiger charge is -2.15. The summed E-state index contributed by atoms with van der Waals surface area (Å²) in [6.45, 7) is 5.63. The Hall–Kier alpha value is -1.42. The van der Waals surface area contributed by atoms with Crippen molar-refractivity contribution in [1.29, 1.82) is 0 Å². The van der Waals surface area contributed by atoms with Crippen LogP contribution < -0.4 is 11.1 Å². The number of hydrogen-bond acceptors (Lipinski definition) is 2. The van der Waals surface area contributed by atoms with Crippen LogP contribution in [0.5, 0.6) is 0 Å². The number of halogens is 1. The van der Waals surface area contributed by atoms with Gasteiger partial charge in [0.25, 0.3) is 0 Å². The van der Waals surface area contributed by atoms with Crippen molar-refractivity contribution < 1.29 is 9.18 Å². The molecular formula is C13H19FN2O. The summed E-state index contributed by atoms with van der Waals surface area (Å²) in [6.07, 6.45) is 0.611. The van der Waals surface area contributed by atoms with E-state index < -0.39 is 6.04 Å². The van der Waals surface area contributed by atoms with Gasteiger partial charge in [0.1, 0.15) is 5.82 Å². The van der Waals surface area contributed by atoms with Gasteiger partial charge in [-0.1, -0.05) is 19.9 Å². The van der Waals surface area contributed by atoms with Crippen LogP contribution in [0, 0.1) is 18.7 Å². The summed E-state index contributed by atoms with van der Waals surface area (Å²) < 4.78 is 13.3. The second-order valence-electron chi connectivity index (χ2n) is 4.64. The van der Waals surface area contributed by atoms with Gasteiger partial charge in [-0.3, -0.25) is 4.79 Å². The normalized spacial score (nSPS) is 12.6. The van der Waals surface area contributed by atoms with Crippen LogP contribution in [0.3, 0.4) is 0 Å². The third-order valence-electron chi connectivity index (χ3n) is 2.59. The van der Waals surface area contributed by atoms with Gasteiger partial charge in [0.15, 0.2) is 0 Å². The van der Waals surface area contributed by atoms with Gasteiger partial charge in [-0.2, -0.15) is 0 Å². The van der Waals surface area contributed by atoms with E-state index in [4.69, 9.17) is 5.73 Å². The second-order valence-corrected chi connectivity index (χ2v) is 4.64. The molecule has 1 aromatic rings. The third kappa shape index (κ3) is 3.82. The quantitative estimate of drug-likeness (QED) is 0.846. The number of amides is 1. The lowest BCUT2D eigenvalue weighted by Crippen LogP contribution is -2.36. The average Bonchev–Trinajstić information content (AvgIpc) is 2.23. The van der Waals surface area contributed by atoms with Crippen LogP contribution in [0.2, 0.25) is 0 Å². The number of hydrogen-bond donors (Lipinski definition) is 2. The van der Waals surface area contributed by atoms with Gasteiger partial charge in [0.2, 0.25) is 5.91 Å². The molecule has 0 fully saturated rings. The molecule has 1 aromatic carbocycles. The van der Waals surface area contributed by atoms with E-state index in [9.17, 15) is 9.18 Å². The molecule has 1 amide bonds. The lowest BCUT2D eigenvalue weighted by atomic mass is 10.0. The standard InChI is InChI=1S/C13H19FN2O/c1-8(2)7-11(15)13(17)16-12-6-4-5-10(14)9(12)3/h4-6,8,11H,7,15H2,1-3H3,(H,16,17)/t11-/m1/s1. The molecular weight excluding hydrogens is 219 g/mol. The zero-order valence-electron chi connectivity index (χ0n) is 10.5. The molecule has 0 heterocycles. The number of carbonyl (C=O) groups is 1. The fourth-order valence-corrected chi connectivity index (χ4v) is 1.58. The maximum atomic E-state index is 13.3. The van der Waals surface area contributed by atoms with E-state index in [-0.39, 0.29) is 11.7 Å². The predicted molar refractivity (Wildman–Crippen MR) is 67.2 cm³/mol. The van der Waals surface area contributed by atoms with E-state index in [0.29, 0.717) is 23.6 Å². The Morgan fingerprint density at radius 2 is 2.12 bits per heavy atom. The molecule has 3 nitrogen and oxygen atoms in total. The van der Waals surface area contributed by atoms with Gasteiger partial charge in [0, 0.05) is 11.3 Å². The topological polar surface area (TPSA) is 55.1 Å². The number of nitrogens with one attached hydrogen (secondary N) is 1. The largest absolute Gasteiger partial charge is 0.324 e. The van der Waals surface area contributed by atoms with Gasteiger partial charge in [-0.05, 0) is 31.4 Å². The molecule has 0 spiro atoms. The summed E-state index contributed by atoms with van der Waals surface area (Å²) in [5, 5.41) is 2.65. The van der Waals surface area contributed by atoms with Gasteiger partial charge in [-0.15, -0.1) is 0 Å². The Balaban J connectivity index is 2.71. The Labute approximate surface area is 101 Å². The Morgan fingerprint density at radius 1 is 1.47 bits per heavy atom. The summed E-state index contributed by atoms with van der Waals surface area (Å²) in [6, 6.07) is 4.03. The number of anilines is 1. The number of nitrogens with two attached hydrogens (primary N) is 1. The van der Waals surface area contributed by atoms with Crippen LogP contribution in [0.4, 0.5) is 10.1 Å². The Kier molecular flexibility index (Phi) is 4.63. The summed E-state index contributed by atoms with van der Waals surface area (Å²) in [7, 11) is 0. The number of benzene rings is 1. The summed E-state index contributed by atoms with van der Waals surface area (Å²) in [5.74, 6) is -0.253. The van der Waals surface area contributed by atoms with Crippen molar-refractivity contribution in [3.63, 3.8) is 0 Å². The maximum Gasteiger partial charge on any atom is 0.241 e. The molecule has 0 radical (unpaired) electrons. The first kappa shape index (κ1) is 13.6. The van der Waals surface area contributed by atoms with Crippen LogP contribution in [0.15, 0.2) is 18.2 Å². The second kappa shape index (κ2) is 5.77. The first-order valence-corrected chi connectivity index (χ1v) is 5.73. The highest BCUT2D eigenvalue weighted by atomic mass is 19.1. The molecule has 0 aliphatic carbocycles. The molecule has 94 valence electrons. The average molecular weight is 238 g/mol. The molecule has 0 aliphatic rings. The van der Waals surface area contributed by atoms with E-state index in [2.05, 4.69) is 5.32 Å². The molecule has 3 N–H and O–H groups in total. The van der Waals surface area contributed by atoms with Crippen LogP contribution in [0.25, 0.3) is 0 Å². The Morgan fingerprint density at radius 3 is 2.71 bits per heavy atom. The minimum atomic E-state index is -0.558. The monoisotopic (exact) mass is 238 g/mol. The highest BCUT2D eigenvalue weighted by Crippen LogP contribution is 2.17. The van der Waals surface area contributed by atoms with Gasteiger partial charge in [0.05, 0.1) is 6.04 Å². The highest BCUT2D eigenvalue weighted by Gasteiger charge is 2.16. The van der Waals surface area contributed by atoms with E-state index >= 15 is 0 Å². The maximum absolute atomic E-state index is 13.3. The molecule has 1 atom stereocenters.